The van der Waals surface area contributed by atoms with Crippen LogP contribution in [0.15, 0.2) is 24.3 Å². The van der Waals surface area contributed by atoms with Gasteiger partial charge in [0.2, 0.25) is 0 Å². The maximum absolute atomic E-state index is 10.5. The van der Waals surface area contributed by atoms with Gasteiger partial charge in [-0.15, -0.1) is 12.4 Å². The van der Waals surface area contributed by atoms with Gasteiger partial charge in [-0.3, -0.25) is 0 Å². The van der Waals surface area contributed by atoms with Crippen molar-refractivity contribution in [2.45, 2.75) is 13.0 Å². The highest BCUT2D eigenvalue weighted by atomic mass is 35.5. The van der Waals surface area contributed by atoms with Crippen LogP contribution in [0, 0.1) is 0 Å². The third-order valence-electron chi connectivity index (χ3n) is 1.66. The summed E-state index contributed by atoms with van der Waals surface area (Å²) in [7, 11) is 0. The lowest BCUT2D eigenvalue weighted by molar-refractivity contribution is 0.0697. The van der Waals surface area contributed by atoms with Gasteiger partial charge < -0.3 is 10.8 Å². The minimum absolute atomic E-state index is 0. The molecular weight excluding hydrogens is 190 g/mol. The van der Waals surface area contributed by atoms with Gasteiger partial charge in [-0.05, 0) is 24.6 Å². The van der Waals surface area contributed by atoms with E-state index in [1.165, 1.54) is 0 Å². The van der Waals surface area contributed by atoms with Crippen LogP contribution in [0.2, 0.25) is 0 Å². The molecule has 0 amide bonds. The highest BCUT2D eigenvalue weighted by Crippen LogP contribution is 2.11. The second-order valence-corrected chi connectivity index (χ2v) is 2.72. The first kappa shape index (κ1) is 11.9. The molecule has 0 unspecified atom stereocenters. The lowest BCUT2D eigenvalue weighted by Crippen LogP contribution is -2.06. The third kappa shape index (κ3) is 3.05. The molecule has 0 aliphatic carbocycles. The van der Waals surface area contributed by atoms with Crippen molar-refractivity contribution in [2.75, 3.05) is 0 Å². The lowest BCUT2D eigenvalue weighted by Gasteiger charge is -2.05. The van der Waals surface area contributed by atoms with Crippen LogP contribution in [-0.2, 0) is 0 Å². The number of rotatable bonds is 2. The van der Waals surface area contributed by atoms with Gasteiger partial charge in [0.15, 0.2) is 0 Å². The molecule has 13 heavy (non-hydrogen) atoms. The molecule has 1 aromatic rings. The molecule has 0 radical (unpaired) electrons. The minimum atomic E-state index is -0.919. The van der Waals surface area contributed by atoms with Crippen molar-refractivity contribution in [3.05, 3.63) is 35.4 Å². The number of hydrogen-bond acceptors (Lipinski definition) is 2. The molecule has 0 saturated heterocycles. The first-order valence-corrected chi connectivity index (χ1v) is 3.70. The molecule has 1 aromatic carbocycles. The van der Waals surface area contributed by atoms with Gasteiger partial charge in [-0.25, -0.2) is 4.79 Å². The molecule has 3 nitrogen and oxygen atoms in total. The van der Waals surface area contributed by atoms with E-state index in [0.29, 0.717) is 0 Å². The normalized spacial score (nSPS) is 11.5. The van der Waals surface area contributed by atoms with Gasteiger partial charge in [0.1, 0.15) is 0 Å². The Morgan fingerprint density at radius 3 is 2.62 bits per heavy atom. The Morgan fingerprint density at radius 2 is 2.15 bits per heavy atom. The summed E-state index contributed by atoms with van der Waals surface area (Å²) in [5.41, 5.74) is 6.71. The lowest BCUT2D eigenvalue weighted by atomic mass is 10.1. The summed E-state index contributed by atoms with van der Waals surface area (Å²) in [5, 5.41) is 8.65. The largest absolute Gasteiger partial charge is 0.478 e. The Morgan fingerprint density at radius 1 is 1.54 bits per heavy atom. The van der Waals surface area contributed by atoms with Crippen molar-refractivity contribution in [1.82, 2.24) is 0 Å². The van der Waals surface area contributed by atoms with Gasteiger partial charge in [0.25, 0.3) is 0 Å². The molecule has 0 saturated carbocycles. The molecule has 0 aliphatic heterocycles. The van der Waals surface area contributed by atoms with E-state index in [0.717, 1.165) is 5.56 Å². The molecule has 3 N–H and O–H groups in total. The van der Waals surface area contributed by atoms with Crippen LogP contribution < -0.4 is 5.73 Å². The smallest absolute Gasteiger partial charge is 0.335 e. The van der Waals surface area contributed by atoms with E-state index in [-0.39, 0.29) is 24.0 Å². The number of benzene rings is 1. The van der Waals surface area contributed by atoms with Crippen LogP contribution in [0.1, 0.15) is 28.9 Å². The van der Waals surface area contributed by atoms with Crippen molar-refractivity contribution in [3.8, 4) is 0 Å². The third-order valence-corrected chi connectivity index (χ3v) is 1.66. The number of hydrogen-bond donors (Lipinski definition) is 2. The summed E-state index contributed by atoms with van der Waals surface area (Å²) in [4.78, 5) is 10.5. The molecule has 0 aliphatic rings. The van der Waals surface area contributed by atoms with E-state index in [1.807, 2.05) is 13.0 Å². The van der Waals surface area contributed by atoms with Gasteiger partial charge in [0.05, 0.1) is 5.56 Å². The van der Waals surface area contributed by atoms with Crippen molar-refractivity contribution in [1.29, 1.82) is 0 Å². The maximum Gasteiger partial charge on any atom is 0.335 e. The van der Waals surface area contributed by atoms with Crippen molar-refractivity contribution >= 4 is 18.4 Å². The highest BCUT2D eigenvalue weighted by molar-refractivity contribution is 5.87. The number of aromatic carboxylic acids is 1. The van der Waals surface area contributed by atoms with Crippen LogP contribution in [0.5, 0.6) is 0 Å². The average molecular weight is 202 g/mol. The standard InChI is InChI=1S/C9H11NO2.ClH/c1-6(10)7-3-2-4-8(5-7)9(11)12;/h2-6H,10H2,1H3,(H,11,12);1H/t6-;/m1./s1. The van der Waals surface area contributed by atoms with Crippen molar-refractivity contribution < 1.29 is 9.90 Å². The monoisotopic (exact) mass is 201 g/mol. The van der Waals surface area contributed by atoms with E-state index >= 15 is 0 Å². The topological polar surface area (TPSA) is 63.3 Å². The van der Waals surface area contributed by atoms with Gasteiger partial charge in [-0.1, -0.05) is 12.1 Å². The predicted octanol–water partition coefficient (Wildman–Crippen LogP) is 1.83. The second-order valence-electron chi connectivity index (χ2n) is 2.72. The van der Waals surface area contributed by atoms with Crippen LogP contribution >= 0.6 is 12.4 Å². The number of halogens is 1. The Labute approximate surface area is 83.0 Å². The maximum atomic E-state index is 10.5. The van der Waals surface area contributed by atoms with Gasteiger partial charge in [-0.2, -0.15) is 0 Å². The zero-order valence-corrected chi connectivity index (χ0v) is 8.04. The van der Waals surface area contributed by atoms with E-state index < -0.39 is 5.97 Å². The van der Waals surface area contributed by atoms with E-state index in [9.17, 15) is 4.79 Å². The average Bonchev–Trinajstić information content (AvgIpc) is 2.04. The van der Waals surface area contributed by atoms with Crippen LogP contribution in [0.25, 0.3) is 0 Å². The summed E-state index contributed by atoms with van der Waals surface area (Å²) in [5.74, 6) is -0.919. The first-order valence-electron chi connectivity index (χ1n) is 3.70. The molecule has 0 fully saturated rings. The summed E-state index contributed by atoms with van der Waals surface area (Å²) < 4.78 is 0. The summed E-state index contributed by atoms with van der Waals surface area (Å²) >= 11 is 0. The Balaban J connectivity index is 0.00000144. The molecule has 0 bridgehead atoms. The van der Waals surface area contributed by atoms with Crippen molar-refractivity contribution in [3.63, 3.8) is 0 Å². The number of carboxylic acids is 1. The molecule has 0 aromatic heterocycles. The van der Waals surface area contributed by atoms with Crippen molar-refractivity contribution in [2.24, 2.45) is 5.73 Å². The summed E-state index contributed by atoms with van der Waals surface area (Å²) in [6.07, 6.45) is 0. The molecule has 1 atom stereocenters. The fourth-order valence-corrected chi connectivity index (χ4v) is 0.955. The minimum Gasteiger partial charge on any atom is -0.478 e. The highest BCUT2D eigenvalue weighted by Gasteiger charge is 2.04. The quantitative estimate of drug-likeness (QED) is 0.768. The van der Waals surface area contributed by atoms with Crippen LogP contribution in [0.4, 0.5) is 0 Å². The fourth-order valence-electron chi connectivity index (χ4n) is 0.955. The zero-order chi connectivity index (χ0) is 9.14. The SMILES string of the molecule is C[C@@H](N)c1cccc(C(=O)O)c1.Cl. The Kier molecular flexibility index (Phi) is 4.45. The molecule has 4 heteroatoms. The number of carboxylic acid groups (broad SMARTS) is 1. The summed E-state index contributed by atoms with van der Waals surface area (Å²) in [6, 6.07) is 6.53. The van der Waals surface area contributed by atoms with Gasteiger partial charge >= 0.3 is 5.97 Å². The van der Waals surface area contributed by atoms with Crippen LogP contribution in [0.3, 0.4) is 0 Å². The molecule has 0 spiro atoms. The second kappa shape index (κ2) is 4.84. The van der Waals surface area contributed by atoms with E-state index in [1.54, 1.807) is 18.2 Å². The number of carbonyl (C=O) groups is 1. The first-order chi connectivity index (χ1) is 5.61. The van der Waals surface area contributed by atoms with Gasteiger partial charge in [0, 0.05) is 6.04 Å². The molecular formula is C9H12ClNO2. The van der Waals surface area contributed by atoms with Crippen LogP contribution in [-0.4, -0.2) is 11.1 Å². The predicted molar refractivity (Wildman–Crippen MR) is 53.3 cm³/mol. The zero-order valence-electron chi connectivity index (χ0n) is 7.23. The summed E-state index contributed by atoms with van der Waals surface area (Å²) in [6.45, 7) is 1.82. The molecule has 1 rings (SSSR count). The fraction of sp³-hybridized carbons (Fsp3) is 0.222. The molecule has 0 heterocycles. The van der Waals surface area contributed by atoms with E-state index in [2.05, 4.69) is 0 Å². The number of nitrogens with two attached hydrogens (primary N) is 1. The van der Waals surface area contributed by atoms with E-state index in [4.69, 9.17) is 10.8 Å². The Hall–Kier alpha value is -1.06. The molecule has 72 valence electrons. The Bertz CT molecular complexity index is 299.